The second-order valence-electron chi connectivity index (χ2n) is 4.66. The molecule has 0 saturated carbocycles. The summed E-state index contributed by atoms with van der Waals surface area (Å²) < 4.78 is 0. The molecule has 1 amide bonds. The first-order valence-corrected chi connectivity index (χ1v) is 6.28. The van der Waals surface area contributed by atoms with Crippen LogP contribution in [0.1, 0.15) is 36.9 Å². The van der Waals surface area contributed by atoms with Crippen molar-refractivity contribution in [2.45, 2.75) is 38.8 Å². The first kappa shape index (κ1) is 14.7. The molecule has 0 saturated heterocycles. The highest BCUT2D eigenvalue weighted by atomic mass is 16.3. The fourth-order valence-corrected chi connectivity index (χ4v) is 1.73. The molecule has 4 heteroatoms. The largest absolute Gasteiger partial charge is 0.396 e. The molecule has 1 aromatic carbocycles. The lowest BCUT2D eigenvalue weighted by atomic mass is 10.0. The standard InChI is InChI=1S/C14H22N2O2/c1-10-5-7-12(8-6-10)13(15)14(18)16-11(2)4-3-9-17/h5-8,11,13,17H,3-4,9,15H2,1-2H3,(H,16,18). The Balaban J connectivity index is 2.53. The predicted molar refractivity (Wildman–Crippen MR) is 72.0 cm³/mol. The maximum Gasteiger partial charge on any atom is 0.241 e. The Morgan fingerprint density at radius 2 is 2.00 bits per heavy atom. The molecule has 4 N–H and O–H groups in total. The zero-order valence-corrected chi connectivity index (χ0v) is 11.0. The fourth-order valence-electron chi connectivity index (χ4n) is 1.73. The monoisotopic (exact) mass is 250 g/mol. The lowest BCUT2D eigenvalue weighted by Gasteiger charge is -2.17. The molecule has 0 radical (unpaired) electrons. The van der Waals surface area contributed by atoms with Gasteiger partial charge in [0.05, 0.1) is 0 Å². The van der Waals surface area contributed by atoms with Gasteiger partial charge >= 0.3 is 0 Å². The van der Waals surface area contributed by atoms with E-state index in [-0.39, 0.29) is 18.6 Å². The minimum atomic E-state index is -0.637. The van der Waals surface area contributed by atoms with E-state index in [9.17, 15) is 4.79 Å². The zero-order chi connectivity index (χ0) is 13.5. The van der Waals surface area contributed by atoms with Gasteiger partial charge in [0.2, 0.25) is 5.91 Å². The number of hydrogen-bond acceptors (Lipinski definition) is 3. The lowest BCUT2D eigenvalue weighted by Crippen LogP contribution is -2.39. The van der Waals surface area contributed by atoms with Gasteiger partial charge < -0.3 is 16.2 Å². The lowest BCUT2D eigenvalue weighted by molar-refractivity contribution is -0.123. The van der Waals surface area contributed by atoms with E-state index in [0.717, 1.165) is 17.5 Å². The van der Waals surface area contributed by atoms with E-state index >= 15 is 0 Å². The summed E-state index contributed by atoms with van der Waals surface area (Å²) in [5.74, 6) is -0.177. The molecule has 2 unspecified atom stereocenters. The third-order valence-electron chi connectivity index (χ3n) is 2.90. The number of aliphatic hydroxyl groups excluding tert-OH is 1. The number of carbonyl (C=O) groups is 1. The minimum absolute atomic E-state index is 0.0288. The van der Waals surface area contributed by atoms with Crippen LogP contribution in [-0.4, -0.2) is 23.7 Å². The van der Waals surface area contributed by atoms with Gasteiger partial charge in [-0.1, -0.05) is 29.8 Å². The van der Waals surface area contributed by atoms with Crippen molar-refractivity contribution in [2.75, 3.05) is 6.61 Å². The van der Waals surface area contributed by atoms with Crippen molar-refractivity contribution in [1.82, 2.24) is 5.32 Å². The smallest absolute Gasteiger partial charge is 0.241 e. The number of benzene rings is 1. The second kappa shape index (κ2) is 7.13. The summed E-state index contributed by atoms with van der Waals surface area (Å²) in [6.45, 7) is 4.05. The Bertz CT molecular complexity index is 376. The van der Waals surface area contributed by atoms with Gasteiger partial charge in [-0.25, -0.2) is 0 Å². The average molecular weight is 250 g/mol. The molecule has 0 aliphatic rings. The zero-order valence-electron chi connectivity index (χ0n) is 11.0. The summed E-state index contributed by atoms with van der Waals surface area (Å²) in [4.78, 5) is 11.9. The molecule has 0 aromatic heterocycles. The van der Waals surface area contributed by atoms with E-state index in [2.05, 4.69) is 5.32 Å². The van der Waals surface area contributed by atoms with Crippen LogP contribution in [0.5, 0.6) is 0 Å². The molecule has 1 aromatic rings. The number of rotatable bonds is 6. The number of hydrogen-bond donors (Lipinski definition) is 3. The van der Waals surface area contributed by atoms with E-state index in [1.54, 1.807) is 0 Å². The summed E-state index contributed by atoms with van der Waals surface area (Å²) in [6, 6.07) is 7.02. The van der Waals surface area contributed by atoms with Crippen molar-refractivity contribution >= 4 is 5.91 Å². The molecule has 0 heterocycles. The third-order valence-corrected chi connectivity index (χ3v) is 2.90. The molecule has 100 valence electrons. The van der Waals surface area contributed by atoms with Crippen LogP contribution >= 0.6 is 0 Å². The molecule has 0 bridgehead atoms. The highest BCUT2D eigenvalue weighted by Crippen LogP contribution is 2.12. The maximum absolute atomic E-state index is 11.9. The van der Waals surface area contributed by atoms with Crippen molar-refractivity contribution in [1.29, 1.82) is 0 Å². The van der Waals surface area contributed by atoms with Gasteiger partial charge in [-0.3, -0.25) is 4.79 Å². The third kappa shape index (κ3) is 4.47. The molecular weight excluding hydrogens is 228 g/mol. The fraction of sp³-hybridized carbons (Fsp3) is 0.500. The quantitative estimate of drug-likeness (QED) is 0.711. The number of nitrogens with one attached hydrogen (secondary N) is 1. The number of nitrogens with two attached hydrogens (primary N) is 1. The van der Waals surface area contributed by atoms with E-state index in [4.69, 9.17) is 10.8 Å². The molecule has 0 spiro atoms. The Kier molecular flexibility index (Phi) is 5.82. The van der Waals surface area contributed by atoms with Crippen LogP contribution in [0.25, 0.3) is 0 Å². The van der Waals surface area contributed by atoms with E-state index in [0.29, 0.717) is 6.42 Å². The van der Waals surface area contributed by atoms with Crippen LogP contribution in [0.4, 0.5) is 0 Å². The van der Waals surface area contributed by atoms with E-state index < -0.39 is 6.04 Å². The van der Waals surface area contributed by atoms with Gasteiger partial charge in [0, 0.05) is 12.6 Å². The molecule has 1 rings (SSSR count). The normalized spacial score (nSPS) is 14.0. The van der Waals surface area contributed by atoms with Crippen molar-refractivity contribution in [3.05, 3.63) is 35.4 Å². The Hall–Kier alpha value is -1.39. The van der Waals surface area contributed by atoms with Crippen LogP contribution in [0.3, 0.4) is 0 Å². The van der Waals surface area contributed by atoms with Crippen molar-refractivity contribution in [3.8, 4) is 0 Å². The van der Waals surface area contributed by atoms with Gasteiger partial charge in [0.1, 0.15) is 6.04 Å². The number of aliphatic hydroxyl groups is 1. The summed E-state index contributed by atoms with van der Waals surface area (Å²) in [7, 11) is 0. The van der Waals surface area contributed by atoms with Crippen LogP contribution in [0.2, 0.25) is 0 Å². The molecule has 0 aliphatic heterocycles. The molecule has 18 heavy (non-hydrogen) atoms. The molecular formula is C14H22N2O2. The van der Waals surface area contributed by atoms with Gasteiger partial charge in [0.25, 0.3) is 0 Å². The topological polar surface area (TPSA) is 75.4 Å². The van der Waals surface area contributed by atoms with Crippen LogP contribution in [-0.2, 0) is 4.79 Å². The highest BCUT2D eigenvalue weighted by Gasteiger charge is 2.17. The number of carbonyl (C=O) groups excluding carboxylic acids is 1. The minimum Gasteiger partial charge on any atom is -0.396 e. The summed E-state index contributed by atoms with van der Waals surface area (Å²) in [5, 5.41) is 11.6. The Labute approximate surface area is 108 Å². The van der Waals surface area contributed by atoms with Crippen molar-refractivity contribution in [3.63, 3.8) is 0 Å². The van der Waals surface area contributed by atoms with Crippen LogP contribution in [0, 0.1) is 6.92 Å². The van der Waals surface area contributed by atoms with Gasteiger partial charge in [-0.15, -0.1) is 0 Å². The second-order valence-corrected chi connectivity index (χ2v) is 4.66. The summed E-state index contributed by atoms with van der Waals surface area (Å²) in [6.07, 6.45) is 1.43. The Morgan fingerprint density at radius 3 is 2.56 bits per heavy atom. The molecule has 2 atom stereocenters. The Morgan fingerprint density at radius 1 is 1.39 bits per heavy atom. The van der Waals surface area contributed by atoms with Gasteiger partial charge in [-0.2, -0.15) is 0 Å². The van der Waals surface area contributed by atoms with Crippen LogP contribution in [0.15, 0.2) is 24.3 Å². The molecule has 0 fully saturated rings. The SMILES string of the molecule is Cc1ccc(C(N)C(=O)NC(C)CCCO)cc1. The average Bonchev–Trinajstić information content (AvgIpc) is 2.36. The van der Waals surface area contributed by atoms with Crippen molar-refractivity contribution in [2.24, 2.45) is 5.73 Å². The number of aryl methyl sites for hydroxylation is 1. The van der Waals surface area contributed by atoms with Crippen LogP contribution < -0.4 is 11.1 Å². The van der Waals surface area contributed by atoms with Gasteiger partial charge in [-0.05, 0) is 32.3 Å². The first-order chi connectivity index (χ1) is 8.54. The number of amides is 1. The molecule has 4 nitrogen and oxygen atoms in total. The van der Waals surface area contributed by atoms with Gasteiger partial charge in [0.15, 0.2) is 0 Å². The van der Waals surface area contributed by atoms with Crippen molar-refractivity contribution < 1.29 is 9.90 Å². The highest BCUT2D eigenvalue weighted by molar-refractivity contribution is 5.83. The summed E-state index contributed by atoms with van der Waals surface area (Å²) >= 11 is 0. The van der Waals surface area contributed by atoms with E-state index in [1.165, 1.54) is 0 Å². The predicted octanol–water partition coefficient (Wildman–Crippen LogP) is 1.27. The maximum atomic E-state index is 11.9. The summed E-state index contributed by atoms with van der Waals surface area (Å²) in [5.41, 5.74) is 7.86. The molecule has 0 aliphatic carbocycles. The first-order valence-electron chi connectivity index (χ1n) is 6.28. The van der Waals surface area contributed by atoms with E-state index in [1.807, 2.05) is 38.1 Å².